The summed E-state index contributed by atoms with van der Waals surface area (Å²) in [6, 6.07) is 5.12. The maximum atomic E-state index is 15.2. The molecule has 204 valence electrons. The van der Waals surface area contributed by atoms with E-state index in [-0.39, 0.29) is 42.5 Å². The van der Waals surface area contributed by atoms with Gasteiger partial charge in [-0.25, -0.2) is 13.6 Å². The normalized spacial score (nSPS) is 19.8. The highest BCUT2D eigenvalue weighted by molar-refractivity contribution is 8.00. The minimum atomic E-state index is -1.02. The van der Waals surface area contributed by atoms with Gasteiger partial charge in [0.15, 0.2) is 17.3 Å². The average Bonchev–Trinajstić information content (AvgIpc) is 3.35. The topological polar surface area (TPSA) is 99.5 Å². The maximum absolute atomic E-state index is 15.2. The first kappa shape index (κ1) is 25.6. The Morgan fingerprint density at radius 2 is 2.03 bits per heavy atom. The van der Waals surface area contributed by atoms with Gasteiger partial charge in [0.05, 0.1) is 24.5 Å². The van der Waals surface area contributed by atoms with Crippen LogP contribution in [0.1, 0.15) is 33.2 Å². The van der Waals surface area contributed by atoms with Crippen molar-refractivity contribution in [3.05, 3.63) is 80.1 Å². The van der Waals surface area contributed by atoms with Crippen LogP contribution in [0.15, 0.2) is 44.8 Å². The molecule has 1 fully saturated rings. The molecule has 10 nitrogen and oxygen atoms in total. The van der Waals surface area contributed by atoms with E-state index in [2.05, 4.69) is 4.74 Å². The Labute approximate surface area is 228 Å². The lowest BCUT2D eigenvalue weighted by molar-refractivity contribution is -0.0209. The number of morpholine rings is 1. The Balaban J connectivity index is 1.56. The number of hydrogen-bond acceptors (Lipinski definition) is 10. The quantitative estimate of drug-likeness (QED) is 0.341. The molecule has 1 aromatic carbocycles. The fraction of sp³-hybridized carbons (Fsp3) is 0.320. The SMILES string of the molecule is COC(=O)OCOc1c2n(ccc1=O)N([C@@H]1c3ccsc3SCc3c1ccc(F)c3F)[C@@H]1COCCN1C2=O. The molecule has 0 N–H and O–H groups in total. The molecule has 6 rings (SSSR count). The van der Waals surface area contributed by atoms with E-state index in [9.17, 15) is 18.8 Å². The van der Waals surface area contributed by atoms with Gasteiger partial charge in [-0.1, -0.05) is 6.07 Å². The number of thioether (sulfide) groups is 1. The first-order chi connectivity index (χ1) is 18.9. The Hall–Kier alpha value is -3.62. The molecule has 1 saturated heterocycles. The predicted molar refractivity (Wildman–Crippen MR) is 136 cm³/mol. The van der Waals surface area contributed by atoms with Crippen LogP contribution in [-0.4, -0.2) is 61.5 Å². The van der Waals surface area contributed by atoms with Crippen molar-refractivity contribution in [3.8, 4) is 5.75 Å². The molecule has 0 radical (unpaired) electrons. The molecule has 39 heavy (non-hydrogen) atoms. The van der Waals surface area contributed by atoms with Crippen LogP contribution in [-0.2, 0) is 20.0 Å². The summed E-state index contributed by atoms with van der Waals surface area (Å²) < 4.78 is 52.4. The van der Waals surface area contributed by atoms with Gasteiger partial charge in [-0.15, -0.1) is 23.1 Å². The smallest absolute Gasteiger partial charge is 0.451 e. The van der Waals surface area contributed by atoms with E-state index in [0.29, 0.717) is 5.56 Å². The van der Waals surface area contributed by atoms with Crippen LogP contribution in [0.5, 0.6) is 5.75 Å². The molecule has 2 atom stereocenters. The van der Waals surface area contributed by atoms with E-state index in [1.807, 2.05) is 16.5 Å². The van der Waals surface area contributed by atoms with Crippen LogP contribution in [0.3, 0.4) is 0 Å². The molecule has 2 aromatic heterocycles. The molecular weight excluding hydrogens is 556 g/mol. The molecule has 3 aliphatic rings. The number of amides is 1. The largest absolute Gasteiger partial charge is 0.510 e. The van der Waals surface area contributed by atoms with E-state index >= 15 is 4.39 Å². The van der Waals surface area contributed by atoms with Crippen molar-refractivity contribution < 1.29 is 37.3 Å². The molecule has 0 aliphatic carbocycles. The highest BCUT2D eigenvalue weighted by Crippen LogP contribution is 2.47. The Kier molecular flexibility index (Phi) is 6.69. The number of nitrogens with zero attached hydrogens (tertiary/aromatic N) is 3. The number of pyridine rings is 1. The fourth-order valence-corrected chi connectivity index (χ4v) is 7.27. The van der Waals surface area contributed by atoms with Crippen molar-refractivity contribution in [3.63, 3.8) is 0 Å². The van der Waals surface area contributed by atoms with Crippen LogP contribution < -0.4 is 15.2 Å². The maximum Gasteiger partial charge on any atom is 0.510 e. The summed E-state index contributed by atoms with van der Waals surface area (Å²) in [4.78, 5) is 39.7. The lowest BCUT2D eigenvalue weighted by Crippen LogP contribution is -2.66. The zero-order chi connectivity index (χ0) is 27.3. The standard InChI is InChI=1S/C25H21F2N3O7S2/c1-34-25(33)37-12-36-22-17(31)4-6-29-21(22)23(32)28-7-8-35-10-18(28)30(29)20-13-2-3-16(26)19(27)15(13)11-39-24-14(20)5-9-38-24/h2-6,9,18,20H,7-8,10-12H2,1H3/t18-,20+/m1/s1. The molecule has 1 amide bonds. The van der Waals surface area contributed by atoms with Gasteiger partial charge in [-0.05, 0) is 23.1 Å². The molecule has 3 aromatic rings. The number of benzene rings is 1. The van der Waals surface area contributed by atoms with Gasteiger partial charge < -0.3 is 23.8 Å². The Morgan fingerprint density at radius 1 is 1.18 bits per heavy atom. The molecule has 14 heteroatoms. The van der Waals surface area contributed by atoms with Gasteiger partial charge in [0.25, 0.3) is 5.91 Å². The summed E-state index contributed by atoms with van der Waals surface area (Å²) in [5.41, 5.74) is 0.900. The molecule has 3 aliphatic heterocycles. The van der Waals surface area contributed by atoms with Gasteiger partial charge in [0.1, 0.15) is 12.2 Å². The number of fused-ring (bicyclic) bond motifs is 4. The summed E-state index contributed by atoms with van der Waals surface area (Å²) in [6.45, 7) is -0.0267. The van der Waals surface area contributed by atoms with Gasteiger partial charge in [0.2, 0.25) is 18.0 Å². The molecule has 5 heterocycles. The Bertz CT molecular complexity index is 1530. The van der Waals surface area contributed by atoms with Gasteiger partial charge in [-0.2, -0.15) is 0 Å². The number of rotatable bonds is 4. The van der Waals surface area contributed by atoms with E-state index < -0.39 is 48.1 Å². The average molecular weight is 578 g/mol. The summed E-state index contributed by atoms with van der Waals surface area (Å²) in [5, 5.41) is 3.75. The zero-order valence-electron chi connectivity index (χ0n) is 20.4. The molecule has 0 unspecified atom stereocenters. The first-order valence-electron chi connectivity index (χ1n) is 11.8. The number of thiophene rings is 1. The minimum Gasteiger partial charge on any atom is -0.451 e. The molecule has 0 bridgehead atoms. The van der Waals surface area contributed by atoms with Crippen LogP contribution in [0.2, 0.25) is 0 Å². The number of carbonyl (C=O) groups is 2. The number of carbonyl (C=O) groups excluding carboxylic acids is 2. The third-order valence-corrected chi connectivity index (χ3v) is 9.09. The van der Waals surface area contributed by atoms with Crippen molar-refractivity contribution in [2.45, 2.75) is 22.2 Å². The highest BCUT2D eigenvalue weighted by Gasteiger charge is 2.46. The monoisotopic (exact) mass is 577 g/mol. The third-order valence-electron chi connectivity index (χ3n) is 6.79. The summed E-state index contributed by atoms with van der Waals surface area (Å²) in [7, 11) is 1.12. The van der Waals surface area contributed by atoms with E-state index in [0.717, 1.165) is 22.9 Å². The summed E-state index contributed by atoms with van der Waals surface area (Å²) in [5.74, 6) is -2.45. The first-order valence-corrected chi connectivity index (χ1v) is 13.7. The second-order valence-electron chi connectivity index (χ2n) is 8.78. The number of halogens is 2. The number of aromatic nitrogens is 1. The van der Waals surface area contributed by atoms with Crippen molar-refractivity contribution in [1.29, 1.82) is 0 Å². The van der Waals surface area contributed by atoms with Gasteiger partial charge in [0, 0.05) is 35.7 Å². The van der Waals surface area contributed by atoms with Crippen LogP contribution >= 0.6 is 23.1 Å². The van der Waals surface area contributed by atoms with E-state index in [1.165, 1.54) is 40.0 Å². The van der Waals surface area contributed by atoms with Crippen LogP contribution in [0, 0.1) is 11.6 Å². The van der Waals surface area contributed by atoms with Crippen molar-refractivity contribution in [2.24, 2.45) is 0 Å². The third kappa shape index (κ3) is 4.22. The second kappa shape index (κ2) is 10.2. The van der Waals surface area contributed by atoms with Crippen molar-refractivity contribution in [1.82, 2.24) is 9.58 Å². The molecular formula is C25H21F2N3O7S2. The zero-order valence-corrected chi connectivity index (χ0v) is 22.1. The predicted octanol–water partition coefficient (Wildman–Crippen LogP) is 3.45. The minimum absolute atomic E-state index is 0.0908. The van der Waals surface area contributed by atoms with Gasteiger partial charge >= 0.3 is 6.16 Å². The molecule has 0 spiro atoms. The number of methoxy groups -OCH3 is 1. The van der Waals surface area contributed by atoms with E-state index in [4.69, 9.17) is 14.2 Å². The lowest BCUT2D eigenvalue weighted by Gasteiger charge is -2.51. The number of ether oxygens (including phenoxy) is 4. The van der Waals surface area contributed by atoms with Crippen LogP contribution in [0.4, 0.5) is 13.6 Å². The van der Waals surface area contributed by atoms with Gasteiger partial charge in [-0.3, -0.25) is 19.3 Å². The van der Waals surface area contributed by atoms with Crippen LogP contribution in [0.25, 0.3) is 0 Å². The summed E-state index contributed by atoms with van der Waals surface area (Å²) in [6.07, 6.45) is -0.214. The lowest BCUT2D eigenvalue weighted by atomic mass is 9.94. The highest BCUT2D eigenvalue weighted by atomic mass is 32.2. The fourth-order valence-electron chi connectivity index (χ4n) is 5.08. The summed E-state index contributed by atoms with van der Waals surface area (Å²) >= 11 is 2.90. The Morgan fingerprint density at radius 3 is 2.85 bits per heavy atom. The second-order valence-corrected chi connectivity index (χ2v) is 10.9. The van der Waals surface area contributed by atoms with Crippen molar-refractivity contribution >= 4 is 35.2 Å². The number of hydrogen-bond donors (Lipinski definition) is 0. The van der Waals surface area contributed by atoms with Crippen molar-refractivity contribution in [2.75, 3.05) is 38.7 Å². The van der Waals surface area contributed by atoms with E-state index in [1.54, 1.807) is 11.0 Å². The molecule has 0 saturated carbocycles.